The molecular weight excluding hydrogens is 433 g/mol. The Hall–Kier alpha value is -1.39. The highest BCUT2D eigenvalue weighted by molar-refractivity contribution is 14.0. The van der Waals surface area contributed by atoms with Crippen LogP contribution in [0.5, 0.6) is 0 Å². The third-order valence-corrected chi connectivity index (χ3v) is 3.95. The number of guanidine groups is 1. The predicted molar refractivity (Wildman–Crippen MR) is 111 cm³/mol. The fraction of sp³-hybridized carbons (Fsp3) is 0.529. The summed E-state index contributed by atoms with van der Waals surface area (Å²) in [6.07, 6.45) is 0. The summed E-state index contributed by atoms with van der Waals surface area (Å²) in [5.74, 6) is 0.703. The zero-order valence-electron chi connectivity index (χ0n) is 14.9. The molecule has 1 heterocycles. The third-order valence-electron chi connectivity index (χ3n) is 3.95. The Bertz CT molecular complexity index is 544. The number of hydrogen-bond acceptors (Lipinski definition) is 4. The van der Waals surface area contributed by atoms with Gasteiger partial charge in [0.15, 0.2) is 5.96 Å². The molecule has 1 aromatic rings. The van der Waals surface area contributed by atoms with E-state index in [4.69, 9.17) is 4.74 Å². The Balaban J connectivity index is 0.00000312. The van der Waals surface area contributed by atoms with Crippen molar-refractivity contribution in [1.82, 2.24) is 20.9 Å². The molecule has 1 saturated heterocycles. The van der Waals surface area contributed by atoms with Gasteiger partial charge in [-0.05, 0) is 17.7 Å². The average Bonchev–Trinajstić information content (AvgIpc) is 2.65. The monoisotopic (exact) mass is 461 g/mol. The largest absolute Gasteiger partial charge is 0.379 e. The van der Waals surface area contributed by atoms with Crippen LogP contribution in [0.4, 0.5) is 0 Å². The Labute approximate surface area is 166 Å². The molecule has 0 atom stereocenters. The molecule has 3 N–H and O–H groups in total. The maximum atomic E-state index is 11.5. The minimum absolute atomic E-state index is 0. The van der Waals surface area contributed by atoms with Crippen LogP contribution < -0.4 is 16.0 Å². The van der Waals surface area contributed by atoms with Gasteiger partial charge >= 0.3 is 0 Å². The lowest BCUT2D eigenvalue weighted by molar-refractivity contribution is 0.0389. The number of rotatable bonds is 6. The van der Waals surface area contributed by atoms with Crippen molar-refractivity contribution in [2.24, 2.45) is 4.99 Å². The molecule has 0 aromatic heterocycles. The first-order valence-corrected chi connectivity index (χ1v) is 8.28. The number of benzene rings is 1. The lowest BCUT2D eigenvalue weighted by Gasteiger charge is -2.26. The van der Waals surface area contributed by atoms with Crippen LogP contribution in [0.2, 0.25) is 0 Å². The lowest BCUT2D eigenvalue weighted by Crippen LogP contribution is -2.44. The summed E-state index contributed by atoms with van der Waals surface area (Å²) in [6.45, 7) is 6.10. The van der Waals surface area contributed by atoms with Crippen LogP contribution in [0, 0.1) is 0 Å². The normalized spacial score (nSPS) is 15.2. The van der Waals surface area contributed by atoms with Gasteiger partial charge in [0, 0.05) is 52.4 Å². The fourth-order valence-electron chi connectivity index (χ4n) is 2.48. The van der Waals surface area contributed by atoms with Crippen LogP contribution in [0.3, 0.4) is 0 Å². The van der Waals surface area contributed by atoms with E-state index in [1.54, 1.807) is 14.1 Å². The van der Waals surface area contributed by atoms with E-state index in [1.807, 2.05) is 24.3 Å². The number of ether oxygens (including phenoxy) is 1. The van der Waals surface area contributed by atoms with Gasteiger partial charge in [-0.3, -0.25) is 14.7 Å². The number of amides is 1. The van der Waals surface area contributed by atoms with Gasteiger partial charge < -0.3 is 20.7 Å². The first-order valence-electron chi connectivity index (χ1n) is 8.28. The molecule has 1 aliphatic heterocycles. The van der Waals surface area contributed by atoms with E-state index in [9.17, 15) is 4.79 Å². The van der Waals surface area contributed by atoms with E-state index in [0.717, 1.165) is 50.9 Å². The van der Waals surface area contributed by atoms with Crippen molar-refractivity contribution in [2.75, 3.05) is 53.5 Å². The molecule has 1 aliphatic rings. The molecule has 0 radical (unpaired) electrons. The highest BCUT2D eigenvalue weighted by Gasteiger charge is 2.09. The number of nitrogens with zero attached hydrogens (tertiary/aromatic N) is 2. The zero-order chi connectivity index (χ0) is 17.2. The standard InChI is InChI=1S/C17H27N5O2.HI/c1-18-16(23)15-5-3-14(4-6-15)13-21-17(19-2)20-7-8-22-9-11-24-12-10-22;/h3-6H,7-13H2,1-2H3,(H,18,23)(H2,19,20,21);1H. The van der Waals surface area contributed by atoms with E-state index in [1.165, 1.54) is 0 Å². The second kappa shape index (κ2) is 12.0. The van der Waals surface area contributed by atoms with Crippen molar-refractivity contribution < 1.29 is 9.53 Å². The van der Waals surface area contributed by atoms with Gasteiger partial charge in [0.05, 0.1) is 13.2 Å². The molecule has 8 heteroatoms. The second-order valence-corrected chi connectivity index (χ2v) is 5.58. The molecule has 0 unspecified atom stereocenters. The molecule has 1 aromatic carbocycles. The summed E-state index contributed by atoms with van der Waals surface area (Å²) < 4.78 is 5.34. The molecule has 0 aliphatic carbocycles. The fourth-order valence-corrected chi connectivity index (χ4v) is 2.48. The van der Waals surface area contributed by atoms with Crippen LogP contribution in [0.15, 0.2) is 29.3 Å². The summed E-state index contributed by atoms with van der Waals surface area (Å²) in [7, 11) is 3.39. The highest BCUT2D eigenvalue weighted by atomic mass is 127. The molecule has 25 heavy (non-hydrogen) atoms. The minimum atomic E-state index is -0.0740. The van der Waals surface area contributed by atoms with E-state index in [0.29, 0.717) is 12.1 Å². The number of halogens is 1. The summed E-state index contributed by atoms with van der Waals surface area (Å²) in [5.41, 5.74) is 1.76. The maximum Gasteiger partial charge on any atom is 0.251 e. The summed E-state index contributed by atoms with van der Waals surface area (Å²) in [4.78, 5) is 18.1. The Morgan fingerprint density at radius 3 is 2.48 bits per heavy atom. The first kappa shape index (κ1) is 21.7. The predicted octanol–water partition coefficient (Wildman–Crippen LogP) is 0.661. The zero-order valence-corrected chi connectivity index (χ0v) is 17.2. The van der Waals surface area contributed by atoms with Gasteiger partial charge in [-0.25, -0.2) is 0 Å². The smallest absolute Gasteiger partial charge is 0.251 e. The van der Waals surface area contributed by atoms with Gasteiger partial charge in [0.2, 0.25) is 0 Å². The van der Waals surface area contributed by atoms with Crippen molar-refractivity contribution in [3.8, 4) is 0 Å². The van der Waals surface area contributed by atoms with Crippen molar-refractivity contribution >= 4 is 35.8 Å². The van der Waals surface area contributed by atoms with Crippen molar-refractivity contribution in [2.45, 2.75) is 6.54 Å². The van der Waals surface area contributed by atoms with Gasteiger partial charge in [-0.1, -0.05) is 12.1 Å². The SMILES string of the molecule is CN=C(NCCN1CCOCC1)NCc1ccc(C(=O)NC)cc1.I. The van der Waals surface area contributed by atoms with Crippen LogP contribution in [-0.4, -0.2) is 70.3 Å². The number of nitrogens with one attached hydrogen (secondary N) is 3. The lowest BCUT2D eigenvalue weighted by atomic mass is 10.1. The molecule has 7 nitrogen and oxygen atoms in total. The van der Waals surface area contributed by atoms with Gasteiger partial charge in [0.1, 0.15) is 0 Å². The second-order valence-electron chi connectivity index (χ2n) is 5.58. The highest BCUT2D eigenvalue weighted by Crippen LogP contribution is 2.04. The van der Waals surface area contributed by atoms with Crippen LogP contribution in [-0.2, 0) is 11.3 Å². The van der Waals surface area contributed by atoms with E-state index >= 15 is 0 Å². The third kappa shape index (κ3) is 7.57. The number of carbonyl (C=O) groups is 1. The van der Waals surface area contributed by atoms with E-state index in [2.05, 4.69) is 25.8 Å². The van der Waals surface area contributed by atoms with Gasteiger partial charge in [0.25, 0.3) is 5.91 Å². The molecule has 1 amide bonds. The Morgan fingerprint density at radius 1 is 1.20 bits per heavy atom. The Kier molecular flexibility index (Phi) is 10.4. The molecular formula is C17H28IN5O2. The minimum Gasteiger partial charge on any atom is -0.379 e. The molecule has 140 valence electrons. The molecule has 2 rings (SSSR count). The molecule has 0 saturated carbocycles. The quantitative estimate of drug-likeness (QED) is 0.330. The van der Waals surface area contributed by atoms with Crippen LogP contribution in [0.25, 0.3) is 0 Å². The van der Waals surface area contributed by atoms with Crippen molar-refractivity contribution in [1.29, 1.82) is 0 Å². The number of morpholine rings is 1. The Morgan fingerprint density at radius 2 is 1.88 bits per heavy atom. The summed E-state index contributed by atoms with van der Waals surface area (Å²) >= 11 is 0. The first-order chi connectivity index (χ1) is 11.7. The molecule has 1 fully saturated rings. The van der Waals surface area contributed by atoms with Crippen LogP contribution in [0.1, 0.15) is 15.9 Å². The number of aliphatic imine (C=N–C) groups is 1. The van der Waals surface area contributed by atoms with Gasteiger partial charge in [-0.2, -0.15) is 0 Å². The van der Waals surface area contributed by atoms with E-state index < -0.39 is 0 Å². The van der Waals surface area contributed by atoms with E-state index in [-0.39, 0.29) is 29.9 Å². The molecule has 0 spiro atoms. The summed E-state index contributed by atoms with van der Waals surface area (Å²) in [5, 5.41) is 9.21. The maximum absolute atomic E-state index is 11.5. The van der Waals surface area contributed by atoms with Crippen molar-refractivity contribution in [3.63, 3.8) is 0 Å². The number of carbonyl (C=O) groups excluding carboxylic acids is 1. The topological polar surface area (TPSA) is 78.0 Å². The van der Waals surface area contributed by atoms with Crippen LogP contribution >= 0.6 is 24.0 Å². The van der Waals surface area contributed by atoms with Gasteiger partial charge in [-0.15, -0.1) is 24.0 Å². The van der Waals surface area contributed by atoms with Crippen molar-refractivity contribution in [3.05, 3.63) is 35.4 Å². The average molecular weight is 461 g/mol. The number of hydrogen-bond donors (Lipinski definition) is 3. The molecule has 0 bridgehead atoms. The summed E-state index contributed by atoms with van der Waals surface area (Å²) in [6, 6.07) is 7.53.